The fourth-order valence-corrected chi connectivity index (χ4v) is 1.61. The third-order valence-electron chi connectivity index (χ3n) is 2.55. The van der Waals surface area contributed by atoms with Crippen molar-refractivity contribution >= 4 is 11.9 Å². The van der Waals surface area contributed by atoms with Gasteiger partial charge in [-0.25, -0.2) is 0 Å². The summed E-state index contributed by atoms with van der Waals surface area (Å²) in [5.74, 6) is -0.0663. The zero-order chi connectivity index (χ0) is 12.8. The first-order valence-electron chi connectivity index (χ1n) is 5.58. The van der Waals surface area contributed by atoms with Gasteiger partial charge in [-0.1, -0.05) is 48.5 Å². The summed E-state index contributed by atoms with van der Waals surface area (Å²) in [6.07, 6.45) is 3.17. The molecule has 2 rings (SSSR count). The van der Waals surface area contributed by atoms with E-state index >= 15 is 0 Å². The number of rotatable bonds is 3. The Morgan fingerprint density at radius 3 is 2.39 bits per heavy atom. The normalized spacial score (nSPS) is 10.2. The molecule has 0 heterocycles. The van der Waals surface area contributed by atoms with Crippen LogP contribution in [-0.4, -0.2) is 5.78 Å². The third-order valence-corrected chi connectivity index (χ3v) is 2.55. The van der Waals surface area contributed by atoms with E-state index < -0.39 is 0 Å². The summed E-state index contributed by atoms with van der Waals surface area (Å²) in [5.41, 5.74) is 1.96. The number of allylic oxidation sites excluding steroid dienone is 1. The Morgan fingerprint density at radius 1 is 1.00 bits per heavy atom. The van der Waals surface area contributed by atoms with Crippen LogP contribution < -0.4 is 0 Å². The molecular weight excluding hydrogens is 222 g/mol. The zero-order valence-electron chi connectivity index (χ0n) is 9.71. The van der Waals surface area contributed by atoms with Crippen LogP contribution in [0.5, 0.6) is 0 Å². The van der Waals surface area contributed by atoms with Crippen LogP contribution >= 0.6 is 0 Å². The molecule has 18 heavy (non-hydrogen) atoms. The number of carbonyl (C=O) groups is 1. The van der Waals surface area contributed by atoms with E-state index in [1.165, 1.54) is 6.08 Å². The zero-order valence-corrected chi connectivity index (χ0v) is 9.71. The quantitative estimate of drug-likeness (QED) is 0.601. The van der Waals surface area contributed by atoms with Crippen molar-refractivity contribution in [3.63, 3.8) is 0 Å². The Hall–Kier alpha value is -2.66. The Labute approximate surface area is 106 Å². The first-order valence-corrected chi connectivity index (χ1v) is 5.58. The number of hydrogen-bond acceptors (Lipinski definition) is 2. The van der Waals surface area contributed by atoms with Crippen LogP contribution in [0.25, 0.3) is 6.08 Å². The lowest BCUT2D eigenvalue weighted by Crippen LogP contribution is -1.93. The molecule has 0 amide bonds. The minimum atomic E-state index is -0.0663. The molecular formula is C16H11NO. The fourth-order valence-electron chi connectivity index (χ4n) is 1.61. The lowest BCUT2D eigenvalue weighted by molar-refractivity contribution is 0.104. The molecule has 0 aliphatic carbocycles. The number of hydrogen-bond donors (Lipinski definition) is 0. The predicted molar refractivity (Wildman–Crippen MR) is 71.0 cm³/mol. The van der Waals surface area contributed by atoms with Gasteiger partial charge in [-0.3, -0.25) is 4.79 Å². The highest BCUT2D eigenvalue weighted by Gasteiger charge is 2.01. The topological polar surface area (TPSA) is 40.9 Å². The van der Waals surface area contributed by atoms with Crippen LogP contribution in [0.1, 0.15) is 21.5 Å². The highest BCUT2D eigenvalue weighted by Crippen LogP contribution is 2.10. The van der Waals surface area contributed by atoms with Gasteiger partial charge in [-0.2, -0.15) is 5.26 Å². The van der Waals surface area contributed by atoms with Crippen molar-refractivity contribution in [3.8, 4) is 6.07 Å². The summed E-state index contributed by atoms with van der Waals surface area (Å²) in [6, 6.07) is 18.3. The molecule has 0 unspecified atom stereocenters. The number of benzene rings is 2. The number of nitrogens with zero attached hydrogens (tertiary/aromatic N) is 1. The Kier molecular flexibility index (Phi) is 3.68. The van der Waals surface area contributed by atoms with E-state index in [-0.39, 0.29) is 5.78 Å². The molecule has 0 radical (unpaired) electrons. The van der Waals surface area contributed by atoms with Crippen molar-refractivity contribution in [1.29, 1.82) is 5.26 Å². The smallest absolute Gasteiger partial charge is 0.185 e. The van der Waals surface area contributed by atoms with Crippen molar-refractivity contribution in [2.24, 2.45) is 0 Å². The van der Waals surface area contributed by atoms with Gasteiger partial charge in [0.25, 0.3) is 0 Å². The van der Waals surface area contributed by atoms with Gasteiger partial charge in [-0.15, -0.1) is 0 Å². The van der Waals surface area contributed by atoms with Gasteiger partial charge in [-0.05, 0) is 23.8 Å². The molecule has 0 spiro atoms. The fraction of sp³-hybridized carbons (Fsp3) is 0. The molecule has 2 aromatic rings. The molecule has 0 N–H and O–H groups in total. The van der Waals surface area contributed by atoms with E-state index in [0.717, 1.165) is 5.56 Å². The highest BCUT2D eigenvalue weighted by atomic mass is 16.1. The van der Waals surface area contributed by atoms with Gasteiger partial charge in [0.1, 0.15) is 0 Å². The van der Waals surface area contributed by atoms with Gasteiger partial charge in [0, 0.05) is 5.56 Å². The van der Waals surface area contributed by atoms with Crippen molar-refractivity contribution in [3.05, 3.63) is 77.4 Å². The van der Waals surface area contributed by atoms with Crippen LogP contribution in [0.2, 0.25) is 0 Å². The van der Waals surface area contributed by atoms with Crippen LogP contribution in [0.4, 0.5) is 0 Å². The molecule has 2 heteroatoms. The van der Waals surface area contributed by atoms with Crippen molar-refractivity contribution in [1.82, 2.24) is 0 Å². The second kappa shape index (κ2) is 5.60. The molecule has 0 saturated carbocycles. The molecule has 0 aliphatic heterocycles. The first-order chi connectivity index (χ1) is 8.81. The number of ketones is 1. The minimum absolute atomic E-state index is 0.0663. The van der Waals surface area contributed by atoms with E-state index in [4.69, 9.17) is 5.26 Å². The van der Waals surface area contributed by atoms with Crippen LogP contribution in [-0.2, 0) is 0 Å². The van der Waals surface area contributed by atoms with Gasteiger partial charge in [0.2, 0.25) is 0 Å². The van der Waals surface area contributed by atoms with Gasteiger partial charge < -0.3 is 0 Å². The van der Waals surface area contributed by atoms with Gasteiger partial charge in [0.15, 0.2) is 5.78 Å². The van der Waals surface area contributed by atoms with E-state index in [9.17, 15) is 4.79 Å². The van der Waals surface area contributed by atoms with Gasteiger partial charge in [0.05, 0.1) is 11.6 Å². The van der Waals surface area contributed by atoms with Crippen molar-refractivity contribution in [2.75, 3.05) is 0 Å². The summed E-state index contributed by atoms with van der Waals surface area (Å²) in [6.45, 7) is 0. The van der Waals surface area contributed by atoms with Crippen LogP contribution in [0.3, 0.4) is 0 Å². The summed E-state index contributed by atoms with van der Waals surface area (Å²) < 4.78 is 0. The van der Waals surface area contributed by atoms with Gasteiger partial charge >= 0.3 is 0 Å². The lowest BCUT2D eigenvalue weighted by atomic mass is 10.1. The molecule has 2 aromatic carbocycles. The number of carbonyl (C=O) groups excluding carboxylic acids is 1. The second-order valence-corrected chi connectivity index (χ2v) is 3.76. The second-order valence-electron chi connectivity index (χ2n) is 3.76. The Balaban J connectivity index is 2.22. The number of nitriles is 1. The van der Waals surface area contributed by atoms with E-state index in [1.807, 2.05) is 30.3 Å². The van der Waals surface area contributed by atoms with E-state index in [1.54, 1.807) is 30.3 Å². The SMILES string of the molecule is N#Cc1ccccc1C=CC(=O)c1ccccc1. The molecule has 0 atom stereocenters. The molecule has 2 nitrogen and oxygen atoms in total. The summed E-state index contributed by atoms with van der Waals surface area (Å²) >= 11 is 0. The molecule has 0 aromatic heterocycles. The summed E-state index contributed by atoms with van der Waals surface area (Å²) in [5, 5.41) is 8.93. The average molecular weight is 233 g/mol. The summed E-state index contributed by atoms with van der Waals surface area (Å²) in [7, 11) is 0. The lowest BCUT2D eigenvalue weighted by Gasteiger charge is -1.97. The maximum absolute atomic E-state index is 11.8. The van der Waals surface area contributed by atoms with Crippen molar-refractivity contribution < 1.29 is 4.79 Å². The predicted octanol–water partition coefficient (Wildman–Crippen LogP) is 3.45. The maximum atomic E-state index is 11.8. The molecule has 0 saturated heterocycles. The average Bonchev–Trinajstić information content (AvgIpc) is 2.46. The van der Waals surface area contributed by atoms with E-state index in [2.05, 4.69) is 6.07 Å². The van der Waals surface area contributed by atoms with Crippen molar-refractivity contribution in [2.45, 2.75) is 0 Å². The van der Waals surface area contributed by atoms with Crippen LogP contribution in [0, 0.1) is 11.3 Å². The molecule has 0 bridgehead atoms. The molecule has 0 fully saturated rings. The monoisotopic (exact) mass is 233 g/mol. The highest BCUT2D eigenvalue weighted by molar-refractivity contribution is 6.06. The standard InChI is InChI=1S/C16H11NO/c17-12-15-9-5-4-6-13(15)10-11-16(18)14-7-2-1-3-8-14/h1-11H. The minimum Gasteiger partial charge on any atom is -0.289 e. The molecule has 86 valence electrons. The third kappa shape index (κ3) is 2.72. The first kappa shape index (κ1) is 11.8. The Morgan fingerprint density at radius 2 is 1.67 bits per heavy atom. The largest absolute Gasteiger partial charge is 0.289 e. The van der Waals surface area contributed by atoms with E-state index in [0.29, 0.717) is 11.1 Å². The maximum Gasteiger partial charge on any atom is 0.185 e. The Bertz CT molecular complexity index is 621. The summed E-state index contributed by atoms with van der Waals surface area (Å²) in [4.78, 5) is 11.8. The van der Waals surface area contributed by atoms with Crippen LogP contribution in [0.15, 0.2) is 60.7 Å². The molecule has 0 aliphatic rings.